The molecular formula is C13H22N2O2S. The quantitative estimate of drug-likeness (QED) is 0.482. The van der Waals surface area contributed by atoms with Crippen molar-refractivity contribution in [1.82, 2.24) is 4.31 Å². The predicted octanol–water partition coefficient (Wildman–Crippen LogP) is 3.08. The molecule has 0 N–H and O–H groups in total. The maximum absolute atomic E-state index is 11.1. The van der Waals surface area contributed by atoms with Crippen molar-refractivity contribution in [3.8, 4) is 0 Å². The Balaban J connectivity index is 3.65. The molecule has 0 aliphatic carbocycles. The van der Waals surface area contributed by atoms with E-state index in [2.05, 4.69) is 22.7 Å². The van der Waals surface area contributed by atoms with Crippen LogP contribution in [0.25, 0.3) is 0 Å². The minimum Gasteiger partial charge on any atom is -0.275 e. The fraction of sp³-hybridized carbons (Fsp3) is 0.462. The number of hydrogen-bond acceptors (Lipinski definition) is 3. The summed E-state index contributed by atoms with van der Waals surface area (Å²) in [4.78, 5) is 11.7. The van der Waals surface area contributed by atoms with Gasteiger partial charge in [-0.2, -0.15) is 8.94 Å². The van der Waals surface area contributed by atoms with Gasteiger partial charge in [-0.3, -0.25) is 14.4 Å². The Bertz CT molecular complexity index is 571. The Kier molecular flexibility index (Phi) is 3.44. The third-order valence-corrected chi connectivity index (χ3v) is 7.79. The summed E-state index contributed by atoms with van der Waals surface area (Å²) in [5, 5.41) is 11.1. The lowest BCUT2D eigenvalue weighted by molar-refractivity contribution is -0.385. The maximum Gasteiger partial charge on any atom is 0.273 e. The van der Waals surface area contributed by atoms with Crippen molar-refractivity contribution in [3.63, 3.8) is 0 Å². The molecule has 1 aromatic carbocycles. The standard InChI is InChI=1S/C13H22N2O2S/c1-10-8-12(18(5,6,7)14(3)4)9-13(11(10)2)15(16)17/h8-9H,5H2,1-4,6-7H3. The minimum atomic E-state index is -2.22. The molecule has 0 amide bonds. The summed E-state index contributed by atoms with van der Waals surface area (Å²) in [6.07, 6.45) is 4.15. The van der Waals surface area contributed by atoms with Gasteiger partial charge in [0.15, 0.2) is 0 Å². The van der Waals surface area contributed by atoms with Gasteiger partial charge in [0.25, 0.3) is 5.69 Å². The molecule has 0 heterocycles. The van der Waals surface area contributed by atoms with Gasteiger partial charge in [0.1, 0.15) is 0 Å². The van der Waals surface area contributed by atoms with Crippen LogP contribution in [-0.4, -0.2) is 41.7 Å². The van der Waals surface area contributed by atoms with E-state index in [1.807, 2.05) is 27.1 Å². The number of benzene rings is 1. The highest BCUT2D eigenvalue weighted by molar-refractivity contribution is 8.43. The summed E-state index contributed by atoms with van der Waals surface area (Å²) in [5.74, 6) is 4.35. The monoisotopic (exact) mass is 270 g/mol. The number of nitro groups is 1. The Morgan fingerprint density at radius 2 is 1.78 bits per heavy atom. The average molecular weight is 270 g/mol. The molecule has 0 unspecified atom stereocenters. The van der Waals surface area contributed by atoms with Gasteiger partial charge < -0.3 is 0 Å². The minimum absolute atomic E-state index is 0.183. The second kappa shape index (κ2) is 4.17. The van der Waals surface area contributed by atoms with Crippen molar-refractivity contribution >= 4 is 20.5 Å². The van der Waals surface area contributed by atoms with Gasteiger partial charge in [-0.15, -0.1) is 0 Å². The summed E-state index contributed by atoms with van der Waals surface area (Å²) < 4.78 is 2.07. The zero-order valence-electron chi connectivity index (χ0n) is 12.0. The fourth-order valence-electron chi connectivity index (χ4n) is 1.58. The van der Waals surface area contributed by atoms with E-state index in [1.165, 1.54) is 0 Å². The summed E-state index contributed by atoms with van der Waals surface area (Å²) >= 11 is 0. The highest BCUT2D eigenvalue weighted by atomic mass is 32.3. The SMILES string of the molecule is C=S(C)(C)(c1cc(C)c(C)c([N+](=O)[O-])c1)N(C)C. The number of rotatable bonds is 3. The van der Waals surface area contributed by atoms with Crippen LogP contribution in [0.1, 0.15) is 11.1 Å². The third-order valence-electron chi connectivity index (χ3n) is 3.72. The number of nitro benzene ring substituents is 1. The summed E-state index contributed by atoms with van der Waals surface area (Å²) in [6, 6.07) is 3.70. The first-order valence-corrected chi connectivity index (χ1v) is 8.61. The zero-order valence-corrected chi connectivity index (χ0v) is 12.8. The van der Waals surface area contributed by atoms with E-state index >= 15 is 0 Å². The van der Waals surface area contributed by atoms with Gasteiger partial charge in [0.05, 0.1) is 4.92 Å². The van der Waals surface area contributed by atoms with Gasteiger partial charge in [0, 0.05) is 16.5 Å². The van der Waals surface area contributed by atoms with Crippen molar-refractivity contribution in [1.29, 1.82) is 0 Å². The normalized spacial score (nSPS) is 14.3. The molecular weight excluding hydrogens is 248 g/mol. The second-order valence-corrected chi connectivity index (χ2v) is 11.0. The molecule has 0 bridgehead atoms. The van der Waals surface area contributed by atoms with E-state index in [9.17, 15) is 10.1 Å². The van der Waals surface area contributed by atoms with Crippen molar-refractivity contribution in [3.05, 3.63) is 33.4 Å². The van der Waals surface area contributed by atoms with Gasteiger partial charge in [-0.25, -0.2) is 0 Å². The Hall–Kier alpha value is -1.20. The maximum atomic E-state index is 11.1. The van der Waals surface area contributed by atoms with Crippen LogP contribution in [0.3, 0.4) is 0 Å². The molecule has 0 aliphatic rings. The van der Waals surface area contributed by atoms with Crippen LogP contribution < -0.4 is 0 Å². The Morgan fingerprint density at radius 3 is 2.17 bits per heavy atom. The molecule has 102 valence electrons. The molecule has 1 rings (SSSR count). The van der Waals surface area contributed by atoms with E-state index in [-0.39, 0.29) is 10.6 Å². The molecule has 4 nitrogen and oxygen atoms in total. The van der Waals surface area contributed by atoms with Crippen LogP contribution in [0.5, 0.6) is 0 Å². The number of aryl methyl sites for hydroxylation is 1. The first kappa shape index (κ1) is 14.9. The number of hydrogen-bond donors (Lipinski definition) is 0. The van der Waals surface area contributed by atoms with Gasteiger partial charge in [-0.05, 0) is 52.1 Å². The topological polar surface area (TPSA) is 46.4 Å². The van der Waals surface area contributed by atoms with Crippen LogP contribution in [0.2, 0.25) is 0 Å². The smallest absolute Gasteiger partial charge is 0.273 e. The molecule has 18 heavy (non-hydrogen) atoms. The molecule has 0 spiro atoms. The summed E-state index contributed by atoms with van der Waals surface area (Å²) in [6.45, 7) is 3.69. The Labute approximate surface area is 109 Å². The van der Waals surface area contributed by atoms with Gasteiger partial charge in [-0.1, -0.05) is 5.87 Å². The lowest BCUT2D eigenvalue weighted by Crippen LogP contribution is -2.24. The van der Waals surface area contributed by atoms with Crippen molar-refractivity contribution in [2.24, 2.45) is 0 Å². The average Bonchev–Trinajstić information content (AvgIpc) is 2.20. The van der Waals surface area contributed by atoms with Crippen molar-refractivity contribution in [2.75, 3.05) is 26.6 Å². The van der Waals surface area contributed by atoms with Crippen LogP contribution in [0.15, 0.2) is 17.0 Å². The van der Waals surface area contributed by atoms with E-state index in [1.54, 1.807) is 13.0 Å². The summed E-state index contributed by atoms with van der Waals surface area (Å²) in [5.41, 5.74) is 1.85. The van der Waals surface area contributed by atoms with E-state index in [0.717, 1.165) is 16.0 Å². The van der Waals surface area contributed by atoms with Gasteiger partial charge >= 0.3 is 0 Å². The molecule has 0 aliphatic heterocycles. The van der Waals surface area contributed by atoms with E-state index in [0.29, 0.717) is 0 Å². The first-order valence-electron chi connectivity index (χ1n) is 5.63. The Morgan fingerprint density at radius 1 is 1.28 bits per heavy atom. The van der Waals surface area contributed by atoms with Crippen LogP contribution >= 0.6 is 8.94 Å². The highest BCUT2D eigenvalue weighted by Gasteiger charge is 2.27. The van der Waals surface area contributed by atoms with E-state index in [4.69, 9.17) is 0 Å². The fourth-order valence-corrected chi connectivity index (χ4v) is 3.03. The molecule has 0 fully saturated rings. The van der Waals surface area contributed by atoms with Crippen LogP contribution in [-0.2, 0) is 0 Å². The largest absolute Gasteiger partial charge is 0.275 e. The first-order chi connectivity index (χ1) is 7.96. The molecule has 5 heteroatoms. The zero-order chi connectivity index (χ0) is 14.3. The van der Waals surface area contributed by atoms with Crippen molar-refractivity contribution in [2.45, 2.75) is 18.7 Å². The lowest BCUT2D eigenvalue weighted by atomic mass is 10.1. The molecule has 0 radical (unpaired) electrons. The highest BCUT2D eigenvalue weighted by Crippen LogP contribution is 2.59. The van der Waals surface area contributed by atoms with Crippen LogP contribution in [0, 0.1) is 24.0 Å². The van der Waals surface area contributed by atoms with E-state index < -0.39 is 8.94 Å². The summed E-state index contributed by atoms with van der Waals surface area (Å²) in [7, 11) is 1.72. The van der Waals surface area contributed by atoms with Crippen LogP contribution in [0.4, 0.5) is 5.69 Å². The second-order valence-electron chi connectivity index (χ2n) is 5.58. The molecule has 0 saturated carbocycles. The lowest BCUT2D eigenvalue weighted by Gasteiger charge is -2.48. The van der Waals surface area contributed by atoms with Gasteiger partial charge in [0.2, 0.25) is 0 Å². The number of nitrogens with zero attached hydrogens (tertiary/aromatic N) is 2. The predicted molar refractivity (Wildman–Crippen MR) is 81.1 cm³/mol. The third kappa shape index (κ3) is 2.33. The molecule has 1 aromatic rings. The molecule has 0 aromatic heterocycles. The van der Waals surface area contributed by atoms with Crippen molar-refractivity contribution < 1.29 is 4.92 Å². The molecule has 0 saturated heterocycles. The molecule has 0 atom stereocenters.